The Morgan fingerprint density at radius 3 is 3.05 bits per heavy atom. The van der Waals surface area contributed by atoms with Crippen LogP contribution in [0.4, 0.5) is 0 Å². The fourth-order valence-electron chi connectivity index (χ4n) is 3.41. The highest BCUT2D eigenvalue weighted by atomic mass is 32.1. The first kappa shape index (κ1) is 11.6. The standard InChI is InChI=1S/C15H18N2OS/c18-10-4-3-7-17-9-12-11-5-1-2-6-13(11)19-15(12)16-14(17)8-10/h9,14H,1-8H2. The Balaban J connectivity index is 1.84. The summed E-state index contributed by atoms with van der Waals surface area (Å²) in [6.45, 7) is 0.976. The van der Waals surface area contributed by atoms with Crippen molar-refractivity contribution >= 4 is 23.3 Å². The third-order valence-electron chi connectivity index (χ3n) is 4.42. The van der Waals surface area contributed by atoms with Gasteiger partial charge in [0.15, 0.2) is 0 Å². The second kappa shape index (κ2) is 4.44. The molecule has 1 fully saturated rings. The lowest BCUT2D eigenvalue weighted by Gasteiger charge is -2.26. The van der Waals surface area contributed by atoms with Gasteiger partial charge in [0.05, 0.1) is 0 Å². The minimum atomic E-state index is 0.0719. The maximum atomic E-state index is 11.7. The number of carbonyl (C=O) groups is 1. The molecule has 0 bridgehead atoms. The van der Waals surface area contributed by atoms with Gasteiger partial charge in [0.25, 0.3) is 0 Å². The van der Waals surface area contributed by atoms with Crippen LogP contribution in [-0.4, -0.2) is 23.4 Å². The van der Waals surface area contributed by atoms with E-state index in [4.69, 9.17) is 4.99 Å². The molecule has 3 aliphatic rings. The normalized spacial score (nSPS) is 25.6. The highest BCUT2D eigenvalue weighted by molar-refractivity contribution is 7.09. The fourth-order valence-corrected chi connectivity index (χ4v) is 4.68. The number of hydrogen-bond donors (Lipinski definition) is 0. The van der Waals surface area contributed by atoms with E-state index in [-0.39, 0.29) is 6.17 Å². The van der Waals surface area contributed by atoms with Gasteiger partial charge in [-0.25, -0.2) is 4.99 Å². The van der Waals surface area contributed by atoms with E-state index in [2.05, 4.69) is 11.1 Å². The fraction of sp³-hybridized carbons (Fsp3) is 0.600. The number of aryl methyl sites for hydroxylation is 1. The Morgan fingerprint density at radius 2 is 2.11 bits per heavy atom. The van der Waals surface area contributed by atoms with Crippen molar-refractivity contribution < 1.29 is 4.79 Å². The lowest BCUT2D eigenvalue weighted by molar-refractivity contribution is -0.119. The van der Waals surface area contributed by atoms with E-state index >= 15 is 0 Å². The van der Waals surface area contributed by atoms with Crippen LogP contribution in [0.1, 0.15) is 42.5 Å². The maximum Gasteiger partial charge on any atom is 0.136 e. The number of carbonyl (C=O) groups excluding carboxylic acids is 1. The zero-order valence-electron chi connectivity index (χ0n) is 11.0. The molecule has 1 saturated heterocycles. The van der Waals surface area contributed by atoms with Gasteiger partial charge in [-0.1, -0.05) is 0 Å². The van der Waals surface area contributed by atoms with Gasteiger partial charge in [-0.05, 0) is 37.7 Å². The minimum absolute atomic E-state index is 0.0719. The average Bonchev–Trinajstić information content (AvgIpc) is 2.65. The van der Waals surface area contributed by atoms with E-state index in [9.17, 15) is 4.79 Å². The van der Waals surface area contributed by atoms with Gasteiger partial charge in [-0.2, -0.15) is 0 Å². The first-order valence-electron chi connectivity index (χ1n) is 7.29. The Bertz CT molecular complexity index is 646. The molecule has 100 valence electrons. The van der Waals surface area contributed by atoms with Crippen molar-refractivity contribution in [2.24, 2.45) is 4.99 Å². The number of thiophene rings is 1. The largest absolute Gasteiger partial charge is 0.355 e. The summed E-state index contributed by atoms with van der Waals surface area (Å²) in [7, 11) is 0. The average molecular weight is 274 g/mol. The van der Waals surface area contributed by atoms with E-state index in [0.717, 1.165) is 19.4 Å². The summed E-state index contributed by atoms with van der Waals surface area (Å²) in [5.74, 6) is 0.370. The smallest absolute Gasteiger partial charge is 0.136 e. The van der Waals surface area contributed by atoms with E-state index < -0.39 is 0 Å². The van der Waals surface area contributed by atoms with Crippen LogP contribution in [0.3, 0.4) is 0 Å². The van der Waals surface area contributed by atoms with Crippen molar-refractivity contribution in [2.75, 3.05) is 6.54 Å². The lowest BCUT2D eigenvalue weighted by atomic mass is 9.98. The first-order chi connectivity index (χ1) is 9.31. The van der Waals surface area contributed by atoms with Crippen molar-refractivity contribution in [3.05, 3.63) is 20.3 Å². The summed E-state index contributed by atoms with van der Waals surface area (Å²) in [6, 6.07) is 0. The van der Waals surface area contributed by atoms with Crippen LogP contribution in [0, 0.1) is 0 Å². The quantitative estimate of drug-likeness (QED) is 0.716. The molecule has 0 aromatic carbocycles. The summed E-state index contributed by atoms with van der Waals surface area (Å²) >= 11 is 1.87. The van der Waals surface area contributed by atoms with Crippen LogP contribution in [-0.2, 0) is 17.6 Å². The van der Waals surface area contributed by atoms with Gasteiger partial charge in [0, 0.05) is 35.7 Å². The van der Waals surface area contributed by atoms with Crippen molar-refractivity contribution in [1.82, 2.24) is 4.90 Å². The lowest BCUT2D eigenvalue weighted by Crippen LogP contribution is -2.41. The maximum absolute atomic E-state index is 11.7. The molecule has 3 nitrogen and oxygen atoms in total. The van der Waals surface area contributed by atoms with E-state index in [1.54, 1.807) is 10.4 Å². The summed E-state index contributed by atoms with van der Waals surface area (Å²) in [6.07, 6.45) is 9.73. The van der Waals surface area contributed by atoms with E-state index in [0.29, 0.717) is 12.2 Å². The molecule has 0 radical (unpaired) electrons. The molecule has 19 heavy (non-hydrogen) atoms. The van der Waals surface area contributed by atoms with Gasteiger partial charge in [0.2, 0.25) is 0 Å². The van der Waals surface area contributed by atoms with Crippen molar-refractivity contribution in [2.45, 2.75) is 51.1 Å². The Morgan fingerprint density at radius 1 is 1.21 bits per heavy atom. The van der Waals surface area contributed by atoms with Gasteiger partial charge in [0.1, 0.15) is 16.6 Å². The molecule has 3 heterocycles. The third-order valence-corrected chi connectivity index (χ3v) is 5.63. The van der Waals surface area contributed by atoms with Gasteiger partial charge in [-0.15, -0.1) is 11.3 Å². The number of hydrogen-bond acceptors (Lipinski definition) is 4. The van der Waals surface area contributed by atoms with Crippen LogP contribution < -0.4 is 9.89 Å². The monoisotopic (exact) mass is 274 g/mol. The Kier molecular flexibility index (Phi) is 2.72. The first-order valence-corrected chi connectivity index (χ1v) is 8.10. The summed E-state index contributed by atoms with van der Waals surface area (Å²) in [5, 5.41) is 1.37. The third kappa shape index (κ3) is 1.93. The molecule has 0 saturated carbocycles. The highest BCUT2D eigenvalue weighted by Crippen LogP contribution is 2.23. The molecule has 1 aliphatic carbocycles. The molecule has 1 atom stereocenters. The number of rotatable bonds is 0. The molecule has 1 aromatic rings. The summed E-state index contributed by atoms with van der Waals surface area (Å²) in [5.41, 5.74) is 1.55. The number of nitrogens with zero attached hydrogens (tertiary/aromatic N) is 2. The Labute approximate surface area is 116 Å². The molecule has 1 unspecified atom stereocenters. The number of ketones is 1. The number of fused-ring (bicyclic) bond motifs is 4. The van der Waals surface area contributed by atoms with Crippen LogP contribution in [0.25, 0.3) is 6.20 Å². The second-order valence-electron chi connectivity index (χ2n) is 5.75. The summed E-state index contributed by atoms with van der Waals surface area (Å²) in [4.78, 5) is 20.5. The Hall–Kier alpha value is -1.16. The molecule has 0 spiro atoms. The van der Waals surface area contributed by atoms with Gasteiger partial charge < -0.3 is 4.90 Å². The summed E-state index contributed by atoms with van der Waals surface area (Å²) < 4.78 is 1.18. The number of Topliss-reactive ketones (excluding diaryl/α,β-unsaturated/α-hetero) is 1. The second-order valence-corrected chi connectivity index (χ2v) is 6.84. The van der Waals surface area contributed by atoms with Crippen LogP contribution in [0.15, 0.2) is 4.99 Å². The van der Waals surface area contributed by atoms with Crippen LogP contribution in [0.5, 0.6) is 0 Å². The zero-order valence-corrected chi connectivity index (χ0v) is 11.8. The molecule has 0 N–H and O–H groups in total. The van der Waals surface area contributed by atoms with Crippen molar-refractivity contribution in [1.29, 1.82) is 0 Å². The molecule has 4 rings (SSSR count). The van der Waals surface area contributed by atoms with Gasteiger partial charge >= 0.3 is 0 Å². The van der Waals surface area contributed by atoms with Crippen molar-refractivity contribution in [3.63, 3.8) is 0 Å². The van der Waals surface area contributed by atoms with Crippen molar-refractivity contribution in [3.8, 4) is 0 Å². The van der Waals surface area contributed by atoms with E-state index in [1.807, 2.05) is 11.3 Å². The van der Waals surface area contributed by atoms with E-state index in [1.165, 1.54) is 35.6 Å². The molecular formula is C15H18N2OS. The molecule has 0 amide bonds. The zero-order chi connectivity index (χ0) is 12.8. The SMILES string of the molecule is O=C1CCCN2C=c3c4c(sc3=NC2C1)CCCC4. The molecule has 2 aliphatic heterocycles. The molecule has 4 heteroatoms. The highest BCUT2D eigenvalue weighted by Gasteiger charge is 2.26. The minimum Gasteiger partial charge on any atom is -0.355 e. The van der Waals surface area contributed by atoms with Crippen LogP contribution in [0.2, 0.25) is 0 Å². The topological polar surface area (TPSA) is 32.7 Å². The predicted octanol–water partition coefficient (Wildman–Crippen LogP) is 1.38. The predicted molar refractivity (Wildman–Crippen MR) is 75.6 cm³/mol. The molecule has 1 aromatic heterocycles. The van der Waals surface area contributed by atoms with Crippen LogP contribution >= 0.6 is 11.3 Å². The molecular weight excluding hydrogens is 256 g/mol. The van der Waals surface area contributed by atoms with Gasteiger partial charge in [-0.3, -0.25) is 4.79 Å².